The number of carbonyl (C=O) groups excluding carboxylic acids is 3. The molecule has 1 heterocycles. The summed E-state index contributed by atoms with van der Waals surface area (Å²) >= 11 is 0. The largest absolute Gasteiger partial charge is 0.467 e. The molecular formula is C18H28N2O6. The zero-order valence-corrected chi connectivity index (χ0v) is 15.4. The number of amides is 2. The molecule has 2 fully saturated rings. The summed E-state index contributed by atoms with van der Waals surface area (Å²) in [4.78, 5) is 38.5. The fourth-order valence-electron chi connectivity index (χ4n) is 3.76. The Morgan fingerprint density at radius 1 is 1.23 bits per heavy atom. The second-order valence-electron chi connectivity index (χ2n) is 7.03. The van der Waals surface area contributed by atoms with Crippen molar-refractivity contribution in [1.82, 2.24) is 10.2 Å². The molecule has 2 N–H and O–H groups in total. The minimum Gasteiger partial charge on any atom is -0.467 e. The maximum absolute atomic E-state index is 13.2. The van der Waals surface area contributed by atoms with Crippen LogP contribution in [-0.4, -0.2) is 59.8 Å². The van der Waals surface area contributed by atoms with E-state index < -0.39 is 30.3 Å². The third kappa shape index (κ3) is 4.97. The molecule has 3 atom stereocenters. The van der Waals surface area contributed by atoms with Gasteiger partial charge < -0.3 is 24.8 Å². The molecule has 2 aliphatic rings. The molecule has 0 spiro atoms. The summed E-state index contributed by atoms with van der Waals surface area (Å²) in [5, 5.41) is 12.6. The van der Waals surface area contributed by atoms with Crippen LogP contribution in [0.25, 0.3) is 0 Å². The lowest BCUT2D eigenvalue weighted by Crippen LogP contribution is -2.55. The minimum absolute atomic E-state index is 0.0371. The molecule has 0 aromatic carbocycles. The van der Waals surface area contributed by atoms with Crippen molar-refractivity contribution in [3.63, 3.8) is 0 Å². The van der Waals surface area contributed by atoms with Crippen molar-refractivity contribution in [3.8, 4) is 0 Å². The van der Waals surface area contributed by atoms with E-state index in [1.807, 2.05) is 0 Å². The van der Waals surface area contributed by atoms with Gasteiger partial charge in [0.1, 0.15) is 12.1 Å². The van der Waals surface area contributed by atoms with E-state index >= 15 is 0 Å². The Hall–Kier alpha value is -2.09. The van der Waals surface area contributed by atoms with Gasteiger partial charge >= 0.3 is 12.1 Å². The predicted molar refractivity (Wildman–Crippen MR) is 92.9 cm³/mol. The van der Waals surface area contributed by atoms with Crippen LogP contribution in [0.3, 0.4) is 0 Å². The summed E-state index contributed by atoms with van der Waals surface area (Å²) in [6.07, 6.45) is 3.27. The highest BCUT2D eigenvalue weighted by Gasteiger charge is 2.44. The lowest BCUT2D eigenvalue weighted by Gasteiger charge is -2.33. The summed E-state index contributed by atoms with van der Waals surface area (Å²) in [5.41, 5.74) is 0. The van der Waals surface area contributed by atoms with Gasteiger partial charge in [-0.3, -0.25) is 4.79 Å². The number of β-amino-alcohol motifs (C(OH)–C–C–N with tert-alkyl or cyclic N) is 1. The molecule has 2 amide bonds. The average molecular weight is 368 g/mol. The number of aliphatic hydroxyl groups is 1. The van der Waals surface area contributed by atoms with Gasteiger partial charge in [0, 0.05) is 13.0 Å². The summed E-state index contributed by atoms with van der Waals surface area (Å²) in [6.45, 7) is 5.10. The third-order valence-electron chi connectivity index (χ3n) is 4.96. The number of alkyl carbamates (subject to hydrolysis) is 1. The van der Waals surface area contributed by atoms with E-state index in [1.54, 1.807) is 6.92 Å². The number of carbonyl (C=O) groups is 3. The van der Waals surface area contributed by atoms with Gasteiger partial charge in [-0.15, -0.1) is 0 Å². The highest BCUT2D eigenvalue weighted by Crippen LogP contribution is 2.29. The zero-order valence-electron chi connectivity index (χ0n) is 15.4. The molecule has 26 heavy (non-hydrogen) atoms. The number of ether oxygens (including phenoxy) is 2. The molecule has 8 heteroatoms. The van der Waals surface area contributed by atoms with E-state index in [9.17, 15) is 19.5 Å². The van der Waals surface area contributed by atoms with Crippen LogP contribution in [0.1, 0.15) is 45.4 Å². The first-order valence-corrected chi connectivity index (χ1v) is 9.03. The van der Waals surface area contributed by atoms with Gasteiger partial charge in [-0.2, -0.15) is 0 Å². The molecule has 1 saturated carbocycles. The lowest BCUT2D eigenvalue weighted by atomic mass is 9.83. The molecular weight excluding hydrogens is 340 g/mol. The van der Waals surface area contributed by atoms with Gasteiger partial charge in [0.15, 0.2) is 0 Å². The minimum atomic E-state index is -0.840. The number of methoxy groups -OCH3 is 1. The number of nitrogens with zero attached hydrogens (tertiary/aromatic N) is 1. The zero-order chi connectivity index (χ0) is 19.3. The van der Waals surface area contributed by atoms with Crippen molar-refractivity contribution in [3.05, 3.63) is 12.3 Å². The van der Waals surface area contributed by atoms with Crippen LogP contribution < -0.4 is 5.32 Å². The van der Waals surface area contributed by atoms with Crippen LogP contribution in [0.2, 0.25) is 0 Å². The van der Waals surface area contributed by atoms with Gasteiger partial charge in [-0.05, 0) is 25.7 Å². The predicted octanol–water partition coefficient (Wildman–Crippen LogP) is 1.33. The van der Waals surface area contributed by atoms with E-state index in [-0.39, 0.29) is 30.5 Å². The Bertz CT molecular complexity index is 558. The average Bonchev–Trinajstić information content (AvgIpc) is 3.00. The monoisotopic (exact) mass is 368 g/mol. The van der Waals surface area contributed by atoms with E-state index in [4.69, 9.17) is 9.47 Å². The molecule has 3 unspecified atom stereocenters. The Labute approximate surface area is 153 Å². The van der Waals surface area contributed by atoms with E-state index in [2.05, 4.69) is 11.9 Å². The van der Waals surface area contributed by atoms with Crippen LogP contribution in [-0.2, 0) is 19.1 Å². The first-order chi connectivity index (χ1) is 12.3. The Morgan fingerprint density at radius 2 is 1.88 bits per heavy atom. The SMILES string of the molecule is C=C(C)OC(=O)NC(C(=O)N1CC(O)CC1C(=O)OC)C1CCCCC1. The van der Waals surface area contributed by atoms with Gasteiger partial charge in [0.25, 0.3) is 0 Å². The van der Waals surface area contributed by atoms with Gasteiger partial charge in [-0.1, -0.05) is 25.8 Å². The van der Waals surface area contributed by atoms with Crippen molar-refractivity contribution < 1.29 is 29.0 Å². The first kappa shape index (κ1) is 20.2. The quantitative estimate of drug-likeness (QED) is 0.560. The van der Waals surface area contributed by atoms with Crippen molar-refractivity contribution >= 4 is 18.0 Å². The Balaban J connectivity index is 2.19. The van der Waals surface area contributed by atoms with E-state index in [0.29, 0.717) is 0 Å². The summed E-state index contributed by atoms with van der Waals surface area (Å²) in [6, 6.07) is -1.65. The highest BCUT2D eigenvalue weighted by atomic mass is 16.6. The summed E-state index contributed by atoms with van der Waals surface area (Å²) in [5.74, 6) is -0.768. The second-order valence-corrected chi connectivity index (χ2v) is 7.03. The maximum atomic E-state index is 13.2. The standard InChI is InChI=1S/C18H28N2O6/c1-11(2)26-18(24)19-15(12-7-5-4-6-8-12)16(22)20-10-13(21)9-14(20)17(23)25-3/h12-15,21H,1,4-10H2,2-3H3,(H,19,24). The summed E-state index contributed by atoms with van der Waals surface area (Å²) < 4.78 is 9.70. The Kier molecular flexibility index (Phi) is 7.02. The van der Waals surface area contributed by atoms with Gasteiger partial charge in [-0.25, -0.2) is 9.59 Å². The lowest BCUT2D eigenvalue weighted by molar-refractivity contribution is -0.152. The Morgan fingerprint density at radius 3 is 2.46 bits per heavy atom. The maximum Gasteiger partial charge on any atom is 0.412 e. The fraction of sp³-hybridized carbons (Fsp3) is 0.722. The molecule has 1 aliphatic carbocycles. The molecule has 0 radical (unpaired) electrons. The van der Waals surface area contributed by atoms with Crippen LogP contribution in [0.4, 0.5) is 4.79 Å². The van der Waals surface area contributed by atoms with Gasteiger partial charge in [0.05, 0.1) is 19.0 Å². The highest BCUT2D eigenvalue weighted by molar-refractivity contribution is 5.90. The second kappa shape index (κ2) is 9.02. The number of allylic oxidation sites excluding steroid dienone is 1. The topological polar surface area (TPSA) is 105 Å². The molecule has 2 rings (SSSR count). The number of aliphatic hydroxyl groups excluding tert-OH is 1. The first-order valence-electron chi connectivity index (χ1n) is 9.03. The summed E-state index contributed by atoms with van der Waals surface area (Å²) in [7, 11) is 1.25. The molecule has 1 aliphatic heterocycles. The number of hydrogen-bond donors (Lipinski definition) is 2. The van der Waals surface area contributed by atoms with E-state index in [0.717, 1.165) is 32.1 Å². The normalized spacial score (nSPS) is 24.7. The smallest absolute Gasteiger partial charge is 0.412 e. The van der Waals surface area contributed by atoms with Crippen molar-refractivity contribution in [2.75, 3.05) is 13.7 Å². The molecule has 0 bridgehead atoms. The van der Waals surface area contributed by atoms with Crippen LogP contribution in [0.5, 0.6) is 0 Å². The van der Waals surface area contributed by atoms with Crippen molar-refractivity contribution in [2.45, 2.75) is 63.6 Å². The molecule has 1 saturated heterocycles. The molecule has 0 aromatic heterocycles. The number of likely N-dealkylation sites (tertiary alicyclic amines) is 1. The van der Waals surface area contributed by atoms with E-state index in [1.165, 1.54) is 12.0 Å². The number of hydrogen-bond acceptors (Lipinski definition) is 6. The van der Waals surface area contributed by atoms with Crippen molar-refractivity contribution in [2.24, 2.45) is 5.92 Å². The molecule has 0 aromatic rings. The van der Waals surface area contributed by atoms with Crippen molar-refractivity contribution in [1.29, 1.82) is 0 Å². The van der Waals surface area contributed by atoms with Crippen LogP contribution >= 0.6 is 0 Å². The molecule has 146 valence electrons. The fourth-order valence-corrected chi connectivity index (χ4v) is 3.76. The number of esters is 1. The van der Waals surface area contributed by atoms with Crippen LogP contribution in [0.15, 0.2) is 12.3 Å². The number of rotatable bonds is 5. The van der Waals surface area contributed by atoms with Gasteiger partial charge in [0.2, 0.25) is 5.91 Å². The third-order valence-corrected chi connectivity index (χ3v) is 4.96. The number of nitrogens with one attached hydrogen (secondary N) is 1. The molecule has 8 nitrogen and oxygen atoms in total. The van der Waals surface area contributed by atoms with Crippen LogP contribution in [0, 0.1) is 5.92 Å².